The van der Waals surface area contributed by atoms with Gasteiger partial charge in [-0.3, -0.25) is 9.59 Å². The van der Waals surface area contributed by atoms with Crippen molar-refractivity contribution in [2.45, 2.75) is 32.8 Å². The fourth-order valence-corrected chi connectivity index (χ4v) is 4.94. The Balaban J connectivity index is 1.60. The number of nitrogens with one attached hydrogen (secondary N) is 1. The summed E-state index contributed by atoms with van der Waals surface area (Å²) in [5, 5.41) is 3.34. The van der Waals surface area contributed by atoms with Crippen LogP contribution in [0.15, 0.2) is 60.7 Å². The van der Waals surface area contributed by atoms with Gasteiger partial charge in [0, 0.05) is 38.5 Å². The Morgan fingerprint density at radius 2 is 1.83 bits per heavy atom. The lowest BCUT2D eigenvalue weighted by Gasteiger charge is -2.24. The highest BCUT2D eigenvalue weighted by molar-refractivity contribution is 7.32. The highest BCUT2D eigenvalue weighted by Gasteiger charge is 2.33. The molecule has 0 aromatic heterocycles. The van der Waals surface area contributed by atoms with Crippen molar-refractivity contribution in [1.82, 2.24) is 0 Å². The molecule has 3 aromatic carbocycles. The van der Waals surface area contributed by atoms with Crippen LogP contribution >= 0.6 is 19.9 Å². The molecule has 35 heavy (non-hydrogen) atoms. The van der Waals surface area contributed by atoms with Crippen molar-refractivity contribution in [2.75, 3.05) is 16.8 Å². The zero-order chi connectivity index (χ0) is 25.1. The summed E-state index contributed by atoms with van der Waals surface area (Å²) in [5.41, 5.74) is 4.45. The summed E-state index contributed by atoms with van der Waals surface area (Å²) in [4.78, 5) is 37.2. The largest absolute Gasteiger partial charge is 0.695 e. The second-order valence-corrected chi connectivity index (χ2v) is 9.56. The molecule has 0 bridgehead atoms. The minimum atomic E-state index is -2.81. The summed E-state index contributed by atoms with van der Waals surface area (Å²) in [7, 11) is -2.81. The minimum Gasteiger partial charge on any atom is -0.322 e. The molecule has 0 fully saturated rings. The molecule has 2 atom stereocenters. The smallest absolute Gasteiger partial charge is 0.322 e. The van der Waals surface area contributed by atoms with Crippen molar-refractivity contribution in [2.24, 2.45) is 0 Å². The molecule has 0 spiro atoms. The van der Waals surface area contributed by atoms with Gasteiger partial charge in [0.05, 0.1) is 5.69 Å². The van der Waals surface area contributed by atoms with Gasteiger partial charge in [0.25, 0.3) is 11.8 Å². The number of carbonyl (C=O) groups excluding carboxylic acids is 2. The van der Waals surface area contributed by atoms with Crippen molar-refractivity contribution < 1.29 is 23.6 Å². The number of fused-ring (bicyclic) bond motifs is 1. The van der Waals surface area contributed by atoms with Crippen LogP contribution in [0.25, 0.3) is 0 Å². The summed E-state index contributed by atoms with van der Waals surface area (Å²) in [5.74, 6) is -0.426. The standard InChI is InChI=1S/C26H24ClN2O5P/c1-16-6-3-4-7-20(16)25(30)28-19-10-11-21(17(2)14-19)26(31)29-13-5-8-24(34-35(32)33)22-15-18(27)9-12-23(22)29/h3-4,6-7,9-12,14-15,24H,5,8,13H2,1-2H3,(H-,28,30,31,32,33)/p+1. The van der Waals surface area contributed by atoms with E-state index in [-0.39, 0.29) is 11.8 Å². The number of benzene rings is 3. The average Bonchev–Trinajstić information content (AvgIpc) is 2.98. The molecule has 1 aliphatic heterocycles. The minimum absolute atomic E-state index is 0.211. The van der Waals surface area contributed by atoms with Gasteiger partial charge in [0.2, 0.25) is 0 Å². The van der Waals surface area contributed by atoms with E-state index >= 15 is 0 Å². The van der Waals surface area contributed by atoms with Crippen LogP contribution in [0.4, 0.5) is 11.4 Å². The van der Waals surface area contributed by atoms with E-state index in [1.54, 1.807) is 47.4 Å². The second kappa shape index (κ2) is 10.7. The zero-order valence-corrected chi connectivity index (χ0v) is 21.0. The fraction of sp³-hybridized carbons (Fsp3) is 0.231. The van der Waals surface area contributed by atoms with Gasteiger partial charge >= 0.3 is 8.25 Å². The molecule has 0 saturated carbocycles. The third kappa shape index (κ3) is 5.60. The van der Waals surface area contributed by atoms with E-state index in [1.807, 2.05) is 32.0 Å². The monoisotopic (exact) mass is 511 g/mol. The maximum Gasteiger partial charge on any atom is 0.695 e. The van der Waals surface area contributed by atoms with Crippen LogP contribution in [0.3, 0.4) is 0 Å². The topological polar surface area (TPSA) is 95.9 Å². The summed E-state index contributed by atoms with van der Waals surface area (Å²) < 4.78 is 16.6. The van der Waals surface area contributed by atoms with Crippen LogP contribution in [0, 0.1) is 13.8 Å². The van der Waals surface area contributed by atoms with Crippen molar-refractivity contribution in [3.8, 4) is 0 Å². The van der Waals surface area contributed by atoms with Gasteiger partial charge in [0.15, 0.2) is 0 Å². The summed E-state index contributed by atoms with van der Waals surface area (Å²) in [6.07, 6.45) is 0.409. The van der Waals surface area contributed by atoms with Crippen molar-refractivity contribution in [3.05, 3.63) is 93.5 Å². The first-order valence-corrected chi connectivity index (χ1v) is 12.7. The number of amides is 2. The Morgan fingerprint density at radius 3 is 2.54 bits per heavy atom. The lowest BCUT2D eigenvalue weighted by molar-refractivity contribution is 0.0985. The number of rotatable bonds is 5. The van der Waals surface area contributed by atoms with Crippen LogP contribution in [-0.2, 0) is 9.09 Å². The number of carbonyl (C=O) groups is 2. The molecule has 9 heteroatoms. The number of hydrogen-bond donors (Lipinski definition) is 2. The van der Waals surface area contributed by atoms with E-state index in [0.717, 1.165) is 5.56 Å². The molecule has 1 aliphatic rings. The highest BCUT2D eigenvalue weighted by Crippen LogP contribution is 2.41. The van der Waals surface area contributed by atoms with Gasteiger partial charge in [0.1, 0.15) is 6.10 Å². The Kier molecular flexibility index (Phi) is 7.63. The molecule has 3 aromatic rings. The maximum absolute atomic E-state index is 13.6. The lowest BCUT2D eigenvalue weighted by Crippen LogP contribution is -2.32. The first-order valence-electron chi connectivity index (χ1n) is 11.2. The molecule has 4 rings (SSSR count). The normalized spacial score (nSPS) is 15.7. The number of anilines is 2. The Morgan fingerprint density at radius 1 is 1.06 bits per heavy atom. The van der Waals surface area contributed by atoms with E-state index in [1.165, 1.54) is 0 Å². The summed E-state index contributed by atoms with van der Waals surface area (Å²) in [6, 6.07) is 17.6. The van der Waals surface area contributed by atoms with E-state index < -0.39 is 14.4 Å². The van der Waals surface area contributed by atoms with Gasteiger partial charge in [-0.15, -0.1) is 9.42 Å². The molecule has 0 saturated heterocycles. The first-order chi connectivity index (χ1) is 16.7. The van der Waals surface area contributed by atoms with Gasteiger partial charge in [-0.2, -0.15) is 0 Å². The van der Waals surface area contributed by atoms with E-state index in [2.05, 4.69) is 5.32 Å². The SMILES string of the molecule is Cc1ccccc1C(=O)Nc1ccc(C(=O)N2CCCC(O[P+](=O)O)c3cc(Cl)ccc32)c(C)c1. The van der Waals surface area contributed by atoms with Crippen LogP contribution in [0.1, 0.15) is 56.4 Å². The average molecular weight is 512 g/mol. The predicted molar refractivity (Wildman–Crippen MR) is 136 cm³/mol. The van der Waals surface area contributed by atoms with Gasteiger partial charge in [-0.05, 0) is 80.3 Å². The van der Waals surface area contributed by atoms with Gasteiger partial charge < -0.3 is 10.2 Å². The predicted octanol–water partition coefficient (Wildman–Crippen LogP) is 6.36. The third-order valence-corrected chi connectivity index (χ3v) is 6.71. The number of hydrogen-bond acceptors (Lipinski definition) is 4. The number of halogens is 1. The van der Waals surface area contributed by atoms with E-state index in [0.29, 0.717) is 58.0 Å². The van der Waals surface area contributed by atoms with Crippen LogP contribution in [0.2, 0.25) is 5.02 Å². The van der Waals surface area contributed by atoms with Gasteiger partial charge in [-0.1, -0.05) is 29.8 Å². The number of nitrogens with zero attached hydrogens (tertiary/aromatic N) is 1. The summed E-state index contributed by atoms with van der Waals surface area (Å²) >= 11 is 6.19. The molecular formula is C26H25ClN2O5P+. The van der Waals surface area contributed by atoms with Crippen LogP contribution in [-0.4, -0.2) is 23.3 Å². The van der Waals surface area contributed by atoms with Crippen molar-refractivity contribution in [3.63, 3.8) is 0 Å². The summed E-state index contributed by atoms with van der Waals surface area (Å²) in [6.45, 7) is 4.11. The van der Waals surface area contributed by atoms with Crippen molar-refractivity contribution in [1.29, 1.82) is 0 Å². The lowest BCUT2D eigenvalue weighted by atomic mass is 10.0. The molecule has 1 heterocycles. The van der Waals surface area contributed by atoms with Gasteiger partial charge in [-0.25, -0.2) is 0 Å². The Bertz CT molecular complexity index is 1310. The molecule has 0 radical (unpaired) electrons. The van der Waals surface area contributed by atoms with E-state index in [4.69, 9.17) is 16.1 Å². The molecule has 2 N–H and O–H groups in total. The quantitative estimate of drug-likeness (QED) is 0.389. The molecular weight excluding hydrogens is 487 g/mol. The second-order valence-electron chi connectivity index (χ2n) is 8.43. The Labute approximate surface area is 209 Å². The molecule has 0 aliphatic carbocycles. The first kappa shape index (κ1) is 25.0. The highest BCUT2D eigenvalue weighted by atomic mass is 35.5. The van der Waals surface area contributed by atoms with E-state index in [9.17, 15) is 19.0 Å². The third-order valence-electron chi connectivity index (χ3n) is 6.04. The fourth-order valence-electron chi connectivity index (χ4n) is 4.32. The van der Waals surface area contributed by atoms with Crippen LogP contribution < -0.4 is 10.2 Å². The Hall–Kier alpha value is -3.09. The molecule has 7 nitrogen and oxygen atoms in total. The maximum atomic E-state index is 13.6. The zero-order valence-electron chi connectivity index (χ0n) is 19.3. The molecule has 2 unspecified atom stereocenters. The molecule has 180 valence electrons. The van der Waals surface area contributed by atoms with Crippen LogP contribution in [0.5, 0.6) is 0 Å². The number of aryl methyl sites for hydroxylation is 2. The molecule has 2 amide bonds. The van der Waals surface area contributed by atoms with Crippen molar-refractivity contribution >= 4 is 43.0 Å².